The highest BCUT2D eigenvalue weighted by atomic mass is 32.1. The van der Waals surface area contributed by atoms with Crippen LogP contribution in [0.25, 0.3) is 0 Å². The molecule has 0 fully saturated rings. The number of aromatic nitrogens is 2. The van der Waals surface area contributed by atoms with E-state index in [0.717, 1.165) is 0 Å². The van der Waals surface area contributed by atoms with E-state index in [1.54, 1.807) is 13.1 Å². The molecule has 8 heteroatoms. The second-order valence-electron chi connectivity index (χ2n) is 3.27. The number of nitrogens with one attached hydrogen (secondary N) is 2. The van der Waals surface area contributed by atoms with Crippen LogP contribution in [0.1, 0.15) is 18.8 Å². The van der Waals surface area contributed by atoms with E-state index in [-0.39, 0.29) is 4.99 Å². The van der Waals surface area contributed by atoms with E-state index < -0.39 is 18.0 Å². The smallest absolute Gasteiger partial charge is 0.321 e. The van der Waals surface area contributed by atoms with Gasteiger partial charge in [0.05, 0.1) is 0 Å². The van der Waals surface area contributed by atoms with Gasteiger partial charge in [-0.3, -0.25) is 10.1 Å². The highest BCUT2D eigenvalue weighted by Crippen LogP contribution is 2.09. The second-order valence-corrected chi connectivity index (χ2v) is 3.71. The number of hydrogen-bond acceptors (Lipinski definition) is 4. The molecule has 17 heavy (non-hydrogen) atoms. The van der Waals surface area contributed by atoms with Crippen LogP contribution in [0, 0.1) is 0 Å². The Morgan fingerprint density at radius 2 is 2.24 bits per heavy atom. The molecule has 92 valence electrons. The number of nitrogens with two attached hydrogens (primary N) is 1. The number of nitrogens with zero attached hydrogens (tertiary/aromatic N) is 2. The first kappa shape index (κ1) is 13.1. The minimum atomic E-state index is -0.633. The summed E-state index contributed by atoms with van der Waals surface area (Å²) in [6.07, 6.45) is 3.06. The lowest BCUT2D eigenvalue weighted by Gasteiger charge is -2.14. The molecule has 0 spiro atoms. The lowest BCUT2D eigenvalue weighted by Crippen LogP contribution is -2.41. The molecule has 0 aliphatic heterocycles. The minimum absolute atomic E-state index is 0.0922. The maximum absolute atomic E-state index is 11.7. The van der Waals surface area contributed by atoms with Crippen molar-refractivity contribution in [2.75, 3.05) is 7.05 Å². The summed E-state index contributed by atoms with van der Waals surface area (Å²) >= 11 is 4.80. The summed E-state index contributed by atoms with van der Waals surface area (Å²) in [5.74, 6) is -0.139. The summed E-state index contributed by atoms with van der Waals surface area (Å²) in [4.78, 5) is 26.7. The van der Waals surface area contributed by atoms with Gasteiger partial charge in [0.1, 0.15) is 11.0 Å². The molecule has 3 amide bonds. The first-order valence-corrected chi connectivity index (χ1v) is 5.23. The van der Waals surface area contributed by atoms with Gasteiger partial charge in [0, 0.05) is 19.4 Å². The molecule has 0 aliphatic rings. The monoisotopic (exact) mass is 255 g/mol. The zero-order valence-electron chi connectivity index (χ0n) is 9.43. The average Bonchev–Trinajstić information content (AvgIpc) is 2.76. The van der Waals surface area contributed by atoms with Gasteiger partial charge in [-0.2, -0.15) is 0 Å². The van der Waals surface area contributed by atoms with Crippen molar-refractivity contribution in [1.29, 1.82) is 0 Å². The Morgan fingerprint density at radius 1 is 1.59 bits per heavy atom. The summed E-state index contributed by atoms with van der Waals surface area (Å²) in [6, 6.07) is -1.20. The van der Waals surface area contributed by atoms with Crippen LogP contribution in [0.3, 0.4) is 0 Å². The molecule has 0 radical (unpaired) electrons. The van der Waals surface area contributed by atoms with Gasteiger partial charge in [-0.25, -0.2) is 9.78 Å². The Bertz CT molecular complexity index is 456. The van der Waals surface area contributed by atoms with Crippen LogP contribution in [0.4, 0.5) is 4.79 Å². The van der Waals surface area contributed by atoms with Crippen molar-refractivity contribution in [3.05, 3.63) is 18.2 Å². The van der Waals surface area contributed by atoms with Gasteiger partial charge in [0.25, 0.3) is 5.91 Å². The third-order valence-electron chi connectivity index (χ3n) is 2.15. The van der Waals surface area contributed by atoms with E-state index in [9.17, 15) is 9.59 Å². The SMILES string of the molecule is CNC(=O)NC(=O)C(C)n1ccnc1C(N)=S. The standard InChI is InChI=1S/C9H13N5O2S/c1-5(8(15)13-9(16)11-2)14-4-3-12-7(14)6(10)17/h3-5H,1-2H3,(H2,10,17)(H2,11,13,15,16). The molecule has 1 atom stereocenters. The fourth-order valence-corrected chi connectivity index (χ4v) is 1.38. The molecule has 1 aromatic rings. The lowest BCUT2D eigenvalue weighted by molar-refractivity contribution is -0.122. The Kier molecular flexibility index (Phi) is 4.16. The van der Waals surface area contributed by atoms with Crippen LogP contribution in [-0.2, 0) is 4.79 Å². The summed E-state index contributed by atoms with van der Waals surface area (Å²) in [5, 5.41) is 4.45. The molecule has 0 aliphatic carbocycles. The first-order chi connectivity index (χ1) is 7.97. The van der Waals surface area contributed by atoms with E-state index in [4.69, 9.17) is 18.0 Å². The molecule has 0 aromatic carbocycles. The summed E-state index contributed by atoms with van der Waals surface area (Å²) < 4.78 is 1.50. The van der Waals surface area contributed by atoms with Crippen LogP contribution in [0.5, 0.6) is 0 Å². The Morgan fingerprint density at radius 3 is 2.76 bits per heavy atom. The second kappa shape index (κ2) is 5.39. The van der Waals surface area contributed by atoms with Crippen molar-refractivity contribution < 1.29 is 9.59 Å². The van der Waals surface area contributed by atoms with E-state index in [2.05, 4.69) is 15.6 Å². The third-order valence-corrected chi connectivity index (χ3v) is 2.33. The van der Waals surface area contributed by atoms with Crippen molar-refractivity contribution in [3.63, 3.8) is 0 Å². The van der Waals surface area contributed by atoms with Gasteiger partial charge in [0.15, 0.2) is 5.82 Å². The molecule has 1 rings (SSSR count). The Labute approximate surface area is 103 Å². The predicted octanol–water partition coefficient (Wildman–Crippen LogP) is -0.466. The summed E-state index contributed by atoms with van der Waals surface area (Å²) in [6.45, 7) is 1.61. The van der Waals surface area contributed by atoms with Gasteiger partial charge in [-0.05, 0) is 6.92 Å². The fourth-order valence-electron chi connectivity index (χ4n) is 1.22. The number of imidazole rings is 1. The molecule has 0 saturated heterocycles. The van der Waals surface area contributed by atoms with Crippen molar-refractivity contribution in [2.24, 2.45) is 5.73 Å². The topological polar surface area (TPSA) is 102 Å². The van der Waals surface area contributed by atoms with Crippen molar-refractivity contribution in [3.8, 4) is 0 Å². The van der Waals surface area contributed by atoms with Crippen LogP contribution in [-0.4, -0.2) is 33.5 Å². The zero-order chi connectivity index (χ0) is 13.0. The quantitative estimate of drug-likeness (QED) is 0.634. The largest absolute Gasteiger partial charge is 0.387 e. The Hall–Kier alpha value is -1.96. The predicted molar refractivity (Wildman–Crippen MR) is 65.4 cm³/mol. The van der Waals surface area contributed by atoms with Crippen molar-refractivity contribution >= 4 is 29.1 Å². The normalized spacial score (nSPS) is 11.6. The molecule has 0 saturated carbocycles. The number of carbonyl (C=O) groups excluding carboxylic acids is 2. The number of imide groups is 1. The number of hydrogen-bond donors (Lipinski definition) is 3. The Balaban J connectivity index is 2.85. The van der Waals surface area contributed by atoms with E-state index in [1.807, 2.05) is 0 Å². The highest BCUT2D eigenvalue weighted by molar-refractivity contribution is 7.80. The van der Waals surface area contributed by atoms with E-state index in [0.29, 0.717) is 5.82 Å². The van der Waals surface area contributed by atoms with Gasteiger partial charge in [-0.1, -0.05) is 12.2 Å². The van der Waals surface area contributed by atoms with Gasteiger partial charge < -0.3 is 15.6 Å². The average molecular weight is 255 g/mol. The first-order valence-electron chi connectivity index (χ1n) is 4.82. The molecule has 1 unspecified atom stereocenters. The third kappa shape index (κ3) is 3.00. The maximum Gasteiger partial charge on any atom is 0.321 e. The summed E-state index contributed by atoms with van der Waals surface area (Å²) in [7, 11) is 1.42. The number of rotatable bonds is 3. The van der Waals surface area contributed by atoms with Crippen LogP contribution >= 0.6 is 12.2 Å². The highest BCUT2D eigenvalue weighted by Gasteiger charge is 2.20. The number of urea groups is 1. The van der Waals surface area contributed by atoms with Crippen LogP contribution < -0.4 is 16.4 Å². The van der Waals surface area contributed by atoms with Gasteiger partial charge in [0.2, 0.25) is 0 Å². The van der Waals surface area contributed by atoms with Crippen LogP contribution in [0.2, 0.25) is 0 Å². The van der Waals surface area contributed by atoms with Crippen molar-refractivity contribution in [1.82, 2.24) is 20.2 Å². The molecule has 0 bridgehead atoms. The fraction of sp³-hybridized carbons (Fsp3) is 0.333. The molecule has 1 heterocycles. The molecule has 7 nitrogen and oxygen atoms in total. The van der Waals surface area contributed by atoms with Gasteiger partial charge >= 0.3 is 6.03 Å². The van der Waals surface area contributed by atoms with Gasteiger partial charge in [-0.15, -0.1) is 0 Å². The van der Waals surface area contributed by atoms with Crippen molar-refractivity contribution in [2.45, 2.75) is 13.0 Å². The number of amides is 3. The maximum atomic E-state index is 11.7. The number of carbonyl (C=O) groups is 2. The van der Waals surface area contributed by atoms with Crippen LogP contribution in [0.15, 0.2) is 12.4 Å². The molecular formula is C9H13N5O2S. The molecule has 1 aromatic heterocycles. The lowest BCUT2D eigenvalue weighted by atomic mass is 10.3. The van der Waals surface area contributed by atoms with E-state index >= 15 is 0 Å². The molecular weight excluding hydrogens is 242 g/mol. The molecule has 4 N–H and O–H groups in total. The number of thiocarbonyl (C=S) groups is 1. The zero-order valence-corrected chi connectivity index (χ0v) is 10.2. The minimum Gasteiger partial charge on any atom is -0.387 e. The van der Waals surface area contributed by atoms with E-state index in [1.165, 1.54) is 17.8 Å². The summed E-state index contributed by atoms with van der Waals surface area (Å²) in [5.41, 5.74) is 5.46.